The predicted molar refractivity (Wildman–Crippen MR) is 123 cm³/mol. The summed E-state index contributed by atoms with van der Waals surface area (Å²) < 4.78 is 12.5. The van der Waals surface area contributed by atoms with Crippen LogP contribution in [0.3, 0.4) is 0 Å². The largest absolute Gasteiger partial charge is 0.488 e. The normalized spacial score (nSPS) is 15.4. The van der Waals surface area contributed by atoms with Gasteiger partial charge in [-0.3, -0.25) is 4.79 Å². The van der Waals surface area contributed by atoms with Crippen molar-refractivity contribution in [2.24, 2.45) is 0 Å². The first kappa shape index (κ1) is 22.4. The highest BCUT2D eigenvalue weighted by molar-refractivity contribution is 6.03. The van der Waals surface area contributed by atoms with Crippen LogP contribution < -0.4 is 9.47 Å². The van der Waals surface area contributed by atoms with Crippen molar-refractivity contribution in [3.8, 4) is 11.5 Å². The van der Waals surface area contributed by atoms with Crippen LogP contribution in [0.25, 0.3) is 0 Å². The van der Waals surface area contributed by atoms with E-state index in [1.165, 1.54) is 31.2 Å². The minimum Gasteiger partial charge on any atom is -0.488 e. The smallest absolute Gasteiger partial charge is 0.174 e. The molecule has 2 aromatic carbocycles. The van der Waals surface area contributed by atoms with Gasteiger partial charge >= 0.3 is 0 Å². The van der Waals surface area contributed by atoms with Crippen molar-refractivity contribution in [2.75, 3.05) is 0 Å². The van der Waals surface area contributed by atoms with Crippen molar-refractivity contribution in [1.29, 1.82) is 0 Å². The number of Topliss-reactive ketones (excluding diaryl/α,β-unsaturated/α-hetero) is 1. The van der Waals surface area contributed by atoms with Gasteiger partial charge in [-0.05, 0) is 48.9 Å². The Labute approximate surface area is 181 Å². The zero-order valence-corrected chi connectivity index (χ0v) is 19.2. The molecule has 0 fully saturated rings. The van der Waals surface area contributed by atoms with E-state index in [-0.39, 0.29) is 11.2 Å². The van der Waals surface area contributed by atoms with Gasteiger partial charge in [-0.2, -0.15) is 0 Å². The fourth-order valence-electron chi connectivity index (χ4n) is 4.13. The van der Waals surface area contributed by atoms with Crippen molar-refractivity contribution in [3.05, 3.63) is 59.2 Å². The number of carbonyl (C=O) groups is 1. The molecule has 0 saturated heterocycles. The molecule has 0 saturated carbocycles. The van der Waals surface area contributed by atoms with Gasteiger partial charge in [0.1, 0.15) is 29.3 Å². The van der Waals surface area contributed by atoms with Gasteiger partial charge < -0.3 is 9.47 Å². The van der Waals surface area contributed by atoms with Gasteiger partial charge in [0, 0.05) is 0 Å². The molecule has 2 aromatic rings. The number of fused-ring (bicyclic) bond motifs is 1. The van der Waals surface area contributed by atoms with Gasteiger partial charge in [0.25, 0.3) is 0 Å². The first-order valence-corrected chi connectivity index (χ1v) is 11.3. The molecule has 0 amide bonds. The zero-order valence-electron chi connectivity index (χ0n) is 19.2. The summed E-state index contributed by atoms with van der Waals surface area (Å²) in [6, 6.07) is 14.2. The van der Waals surface area contributed by atoms with Gasteiger partial charge in [0.05, 0.1) is 6.42 Å². The highest BCUT2D eigenvalue weighted by atomic mass is 16.5. The second-order valence-electron chi connectivity index (χ2n) is 9.78. The minimum atomic E-state index is -0.495. The molecule has 0 N–H and O–H groups in total. The molecule has 3 nitrogen and oxygen atoms in total. The summed E-state index contributed by atoms with van der Waals surface area (Å²) in [5, 5.41) is 0. The number of rotatable bonds is 9. The molecule has 0 aliphatic carbocycles. The summed E-state index contributed by atoms with van der Waals surface area (Å²) in [5.41, 5.74) is 2.34. The Morgan fingerprint density at radius 1 is 1.07 bits per heavy atom. The van der Waals surface area contributed by atoms with Crippen molar-refractivity contribution >= 4 is 5.78 Å². The van der Waals surface area contributed by atoms with Crippen LogP contribution in [0.15, 0.2) is 42.5 Å². The van der Waals surface area contributed by atoms with E-state index in [9.17, 15) is 4.79 Å². The number of carbonyl (C=O) groups excluding carboxylic acids is 1. The van der Waals surface area contributed by atoms with Crippen LogP contribution >= 0.6 is 0 Å². The van der Waals surface area contributed by atoms with E-state index in [4.69, 9.17) is 9.47 Å². The Bertz CT molecular complexity index is 865. The molecule has 1 aliphatic heterocycles. The van der Waals surface area contributed by atoms with Crippen molar-refractivity contribution in [1.82, 2.24) is 0 Å². The standard InChI is InChI=1S/C27H36O3/c1-6-7-8-12-15-26(2,3)21-16-23(29-19-20-13-10-9-11-14-20)25-22(28)18-27(4,5)30-24(25)17-21/h9-11,13-14,16-17H,6-8,12,15,18-19H2,1-5H3. The Balaban J connectivity index is 1.93. The third-order valence-electron chi connectivity index (χ3n) is 5.99. The summed E-state index contributed by atoms with van der Waals surface area (Å²) in [6.07, 6.45) is 6.43. The van der Waals surface area contributed by atoms with Crippen LogP contribution in [0.1, 0.15) is 94.6 Å². The lowest BCUT2D eigenvalue weighted by Crippen LogP contribution is -2.36. The van der Waals surface area contributed by atoms with Crippen LogP contribution in [0, 0.1) is 0 Å². The van der Waals surface area contributed by atoms with Crippen molar-refractivity contribution in [2.45, 2.75) is 90.8 Å². The number of ether oxygens (including phenoxy) is 2. The lowest BCUT2D eigenvalue weighted by molar-refractivity contribution is 0.0609. The van der Waals surface area contributed by atoms with E-state index in [1.54, 1.807) is 0 Å². The molecule has 162 valence electrons. The van der Waals surface area contributed by atoms with Gasteiger partial charge in [-0.25, -0.2) is 0 Å². The molecule has 0 bridgehead atoms. The van der Waals surface area contributed by atoms with E-state index in [1.807, 2.05) is 44.2 Å². The van der Waals surface area contributed by atoms with Crippen LogP contribution in [0.5, 0.6) is 11.5 Å². The number of hydrogen-bond donors (Lipinski definition) is 0. The number of ketones is 1. The first-order chi connectivity index (χ1) is 14.2. The molecule has 3 heteroatoms. The van der Waals surface area contributed by atoms with Gasteiger partial charge in [-0.15, -0.1) is 0 Å². The summed E-state index contributed by atoms with van der Waals surface area (Å²) in [5.74, 6) is 1.41. The van der Waals surface area contributed by atoms with E-state index in [2.05, 4.69) is 32.9 Å². The number of hydrogen-bond acceptors (Lipinski definition) is 3. The summed E-state index contributed by atoms with van der Waals surface area (Å²) in [7, 11) is 0. The Morgan fingerprint density at radius 2 is 1.80 bits per heavy atom. The molecular formula is C27H36O3. The van der Waals surface area contributed by atoms with Crippen LogP contribution in [-0.4, -0.2) is 11.4 Å². The minimum absolute atomic E-state index is 0.0123. The molecule has 1 aliphatic rings. The topological polar surface area (TPSA) is 35.5 Å². The molecule has 3 rings (SSSR count). The molecule has 30 heavy (non-hydrogen) atoms. The van der Waals surface area contributed by atoms with Crippen LogP contribution in [-0.2, 0) is 12.0 Å². The molecule has 0 radical (unpaired) electrons. The number of unbranched alkanes of at least 4 members (excludes halogenated alkanes) is 3. The quantitative estimate of drug-likeness (QED) is 0.410. The number of benzene rings is 2. The Morgan fingerprint density at radius 3 is 2.50 bits per heavy atom. The maximum atomic E-state index is 13.0. The molecule has 0 unspecified atom stereocenters. The van der Waals surface area contributed by atoms with E-state index < -0.39 is 5.60 Å². The Kier molecular flexibility index (Phi) is 6.90. The lowest BCUT2D eigenvalue weighted by Gasteiger charge is -2.34. The predicted octanol–water partition coefficient (Wildman–Crippen LogP) is 7.26. The fourth-order valence-corrected chi connectivity index (χ4v) is 4.13. The second-order valence-corrected chi connectivity index (χ2v) is 9.78. The summed E-state index contributed by atoms with van der Waals surface area (Å²) in [4.78, 5) is 13.0. The fraction of sp³-hybridized carbons (Fsp3) is 0.519. The molecule has 0 aromatic heterocycles. The molecule has 0 spiro atoms. The van der Waals surface area contributed by atoms with Crippen molar-refractivity contribution < 1.29 is 14.3 Å². The summed E-state index contributed by atoms with van der Waals surface area (Å²) in [6.45, 7) is 11.2. The lowest BCUT2D eigenvalue weighted by atomic mass is 9.78. The zero-order chi connectivity index (χ0) is 21.8. The van der Waals surface area contributed by atoms with Crippen LogP contribution in [0.4, 0.5) is 0 Å². The first-order valence-electron chi connectivity index (χ1n) is 11.3. The maximum absolute atomic E-state index is 13.0. The van der Waals surface area contributed by atoms with Gasteiger partial charge in [0.2, 0.25) is 0 Å². The molecule has 1 heterocycles. The average molecular weight is 409 g/mol. The third-order valence-corrected chi connectivity index (χ3v) is 5.99. The molecule has 0 atom stereocenters. The second kappa shape index (κ2) is 9.24. The van der Waals surface area contributed by atoms with Crippen molar-refractivity contribution in [3.63, 3.8) is 0 Å². The van der Waals surface area contributed by atoms with E-state index in [0.717, 1.165) is 12.0 Å². The van der Waals surface area contributed by atoms with E-state index >= 15 is 0 Å². The highest BCUT2D eigenvalue weighted by Gasteiger charge is 2.36. The third kappa shape index (κ3) is 5.44. The summed E-state index contributed by atoms with van der Waals surface area (Å²) >= 11 is 0. The van der Waals surface area contributed by atoms with E-state index in [0.29, 0.717) is 30.1 Å². The van der Waals surface area contributed by atoms with Gasteiger partial charge in [0.15, 0.2) is 5.78 Å². The van der Waals surface area contributed by atoms with Crippen LogP contribution in [0.2, 0.25) is 0 Å². The molecular weight excluding hydrogens is 372 g/mol. The Hall–Kier alpha value is -2.29. The maximum Gasteiger partial charge on any atom is 0.174 e. The van der Waals surface area contributed by atoms with Gasteiger partial charge in [-0.1, -0.05) is 76.8 Å². The average Bonchev–Trinajstić information content (AvgIpc) is 2.68. The SMILES string of the molecule is CCCCCCC(C)(C)c1cc(OCc2ccccc2)c2c(c1)OC(C)(C)CC2=O. The highest BCUT2D eigenvalue weighted by Crippen LogP contribution is 2.43. The monoisotopic (exact) mass is 408 g/mol.